The van der Waals surface area contributed by atoms with Gasteiger partial charge >= 0.3 is 0 Å². The Morgan fingerprint density at radius 1 is 1.15 bits per heavy atom. The molecule has 0 spiro atoms. The molecule has 0 heterocycles. The standard InChI is InChI=1S/C17H20N4O4S/c1-3-12-18-26(24,25)15-10-8-14(9-11-15)13(2)19-20-16-6-4-5-7-17(16)21(22)23/h4-11,18,20H,3,12H2,1-2H3/b19-13-. The zero-order chi connectivity index (χ0) is 19.2. The van der Waals surface area contributed by atoms with E-state index in [4.69, 9.17) is 0 Å². The second kappa shape index (κ2) is 8.54. The molecular formula is C17H20N4O4S. The van der Waals surface area contributed by atoms with Crippen LogP contribution in [0.4, 0.5) is 11.4 Å². The number of hydrazone groups is 1. The number of hydrogen-bond acceptors (Lipinski definition) is 6. The Kier molecular flexibility index (Phi) is 6.42. The Hall–Kier alpha value is -2.78. The quantitative estimate of drug-likeness (QED) is 0.417. The van der Waals surface area contributed by atoms with E-state index in [2.05, 4.69) is 15.2 Å². The minimum Gasteiger partial charge on any atom is -0.271 e. The predicted molar refractivity (Wildman–Crippen MR) is 101 cm³/mol. The summed E-state index contributed by atoms with van der Waals surface area (Å²) in [5, 5.41) is 15.1. The number of nitro benzene ring substituents is 1. The number of para-hydroxylation sites is 2. The molecular weight excluding hydrogens is 356 g/mol. The van der Waals surface area contributed by atoms with Crippen molar-refractivity contribution in [2.75, 3.05) is 12.0 Å². The molecule has 2 N–H and O–H groups in total. The maximum atomic E-state index is 12.1. The molecule has 0 saturated carbocycles. The van der Waals surface area contributed by atoms with Gasteiger partial charge in [-0.05, 0) is 37.1 Å². The van der Waals surface area contributed by atoms with E-state index in [1.54, 1.807) is 37.3 Å². The molecule has 0 bridgehead atoms. The third-order valence-electron chi connectivity index (χ3n) is 3.57. The van der Waals surface area contributed by atoms with Crippen LogP contribution >= 0.6 is 0 Å². The molecule has 2 aromatic carbocycles. The first-order valence-electron chi connectivity index (χ1n) is 7.99. The van der Waals surface area contributed by atoms with E-state index in [1.807, 2.05) is 6.92 Å². The zero-order valence-corrected chi connectivity index (χ0v) is 15.3. The number of rotatable bonds is 8. The van der Waals surface area contributed by atoms with Gasteiger partial charge in [0.2, 0.25) is 10.0 Å². The normalized spacial score (nSPS) is 12.0. The highest BCUT2D eigenvalue weighted by Crippen LogP contribution is 2.23. The highest BCUT2D eigenvalue weighted by Gasteiger charge is 2.14. The van der Waals surface area contributed by atoms with Gasteiger partial charge in [0.1, 0.15) is 5.69 Å². The Bertz CT molecular complexity index is 909. The maximum Gasteiger partial charge on any atom is 0.294 e. The lowest BCUT2D eigenvalue weighted by atomic mass is 10.1. The summed E-state index contributed by atoms with van der Waals surface area (Å²) in [6.07, 6.45) is 0.709. The summed E-state index contributed by atoms with van der Waals surface area (Å²) in [5.41, 5.74) is 4.15. The third-order valence-corrected chi connectivity index (χ3v) is 5.05. The van der Waals surface area contributed by atoms with Crippen LogP contribution in [0.25, 0.3) is 0 Å². The van der Waals surface area contributed by atoms with Crippen molar-refractivity contribution in [1.29, 1.82) is 0 Å². The van der Waals surface area contributed by atoms with Gasteiger partial charge in [0.25, 0.3) is 5.69 Å². The van der Waals surface area contributed by atoms with Gasteiger partial charge in [0.05, 0.1) is 15.5 Å². The lowest BCUT2D eigenvalue weighted by Crippen LogP contribution is -2.24. The summed E-state index contributed by atoms with van der Waals surface area (Å²) < 4.78 is 26.6. The second-order valence-electron chi connectivity index (χ2n) is 5.51. The van der Waals surface area contributed by atoms with Crippen molar-refractivity contribution in [2.24, 2.45) is 5.10 Å². The van der Waals surface area contributed by atoms with Crippen LogP contribution < -0.4 is 10.1 Å². The fourth-order valence-corrected chi connectivity index (χ4v) is 3.26. The minimum atomic E-state index is -3.52. The Labute approximate surface area is 152 Å². The fraction of sp³-hybridized carbons (Fsp3) is 0.235. The summed E-state index contributed by atoms with van der Waals surface area (Å²) in [6, 6.07) is 12.5. The minimum absolute atomic E-state index is 0.0764. The third kappa shape index (κ3) is 4.87. The highest BCUT2D eigenvalue weighted by atomic mass is 32.2. The molecule has 0 fully saturated rings. The van der Waals surface area contributed by atoms with E-state index < -0.39 is 14.9 Å². The van der Waals surface area contributed by atoms with Gasteiger partial charge in [-0.3, -0.25) is 15.5 Å². The molecule has 0 amide bonds. The van der Waals surface area contributed by atoms with E-state index in [0.717, 1.165) is 0 Å². The number of nitrogens with zero attached hydrogens (tertiary/aromatic N) is 2. The zero-order valence-electron chi connectivity index (χ0n) is 14.5. The lowest BCUT2D eigenvalue weighted by Gasteiger charge is -2.07. The van der Waals surface area contributed by atoms with Crippen LogP contribution in [-0.4, -0.2) is 25.6 Å². The molecule has 2 rings (SSSR count). The lowest BCUT2D eigenvalue weighted by molar-refractivity contribution is -0.384. The van der Waals surface area contributed by atoms with Crippen LogP contribution in [0, 0.1) is 10.1 Å². The molecule has 0 atom stereocenters. The first-order chi connectivity index (χ1) is 12.3. The molecule has 2 aromatic rings. The number of sulfonamides is 1. The van der Waals surface area contributed by atoms with Crippen molar-refractivity contribution in [3.8, 4) is 0 Å². The van der Waals surface area contributed by atoms with E-state index >= 15 is 0 Å². The molecule has 8 nitrogen and oxygen atoms in total. The molecule has 9 heteroatoms. The molecule has 0 unspecified atom stereocenters. The van der Waals surface area contributed by atoms with Crippen LogP contribution in [0.15, 0.2) is 58.5 Å². The number of nitrogens with one attached hydrogen (secondary N) is 2. The van der Waals surface area contributed by atoms with Gasteiger partial charge in [-0.2, -0.15) is 5.10 Å². The van der Waals surface area contributed by atoms with Gasteiger partial charge in [-0.1, -0.05) is 31.2 Å². The molecule has 0 radical (unpaired) electrons. The summed E-state index contributed by atoms with van der Waals surface area (Å²) >= 11 is 0. The van der Waals surface area contributed by atoms with Gasteiger partial charge in [0, 0.05) is 12.6 Å². The van der Waals surface area contributed by atoms with Crippen LogP contribution in [0.2, 0.25) is 0 Å². The van der Waals surface area contributed by atoms with Crippen molar-refractivity contribution in [3.05, 3.63) is 64.2 Å². The second-order valence-corrected chi connectivity index (χ2v) is 7.27. The van der Waals surface area contributed by atoms with Gasteiger partial charge in [-0.15, -0.1) is 0 Å². The van der Waals surface area contributed by atoms with E-state index in [0.29, 0.717) is 24.2 Å². The SMILES string of the molecule is CCCNS(=O)(=O)c1ccc(/C(C)=N\Nc2ccccc2[N+](=O)[O-])cc1. The molecule has 0 aliphatic carbocycles. The van der Waals surface area contributed by atoms with Crippen molar-refractivity contribution in [3.63, 3.8) is 0 Å². The Morgan fingerprint density at radius 3 is 2.42 bits per heavy atom. The predicted octanol–water partition coefficient (Wildman–Crippen LogP) is 3.12. The summed E-state index contributed by atoms with van der Waals surface area (Å²) in [4.78, 5) is 10.7. The van der Waals surface area contributed by atoms with Gasteiger partial charge in [-0.25, -0.2) is 13.1 Å². The van der Waals surface area contributed by atoms with Crippen molar-refractivity contribution in [1.82, 2.24) is 4.72 Å². The number of nitro groups is 1. The molecule has 0 aromatic heterocycles. The smallest absolute Gasteiger partial charge is 0.271 e. The Balaban J connectivity index is 2.16. The molecule has 138 valence electrons. The Morgan fingerprint density at radius 2 is 1.81 bits per heavy atom. The molecule has 0 aliphatic rings. The monoisotopic (exact) mass is 376 g/mol. The fourth-order valence-electron chi connectivity index (χ4n) is 2.13. The van der Waals surface area contributed by atoms with Gasteiger partial charge in [0.15, 0.2) is 0 Å². The number of anilines is 1. The summed E-state index contributed by atoms with van der Waals surface area (Å²) in [6.45, 7) is 3.99. The largest absolute Gasteiger partial charge is 0.294 e. The summed E-state index contributed by atoms with van der Waals surface area (Å²) in [7, 11) is -3.52. The topological polar surface area (TPSA) is 114 Å². The summed E-state index contributed by atoms with van der Waals surface area (Å²) in [5.74, 6) is 0. The van der Waals surface area contributed by atoms with E-state index in [-0.39, 0.29) is 16.3 Å². The first-order valence-corrected chi connectivity index (χ1v) is 9.47. The molecule has 0 saturated heterocycles. The van der Waals surface area contributed by atoms with Crippen LogP contribution in [-0.2, 0) is 10.0 Å². The van der Waals surface area contributed by atoms with Crippen LogP contribution in [0.3, 0.4) is 0 Å². The van der Waals surface area contributed by atoms with Crippen molar-refractivity contribution < 1.29 is 13.3 Å². The first kappa shape index (κ1) is 19.5. The van der Waals surface area contributed by atoms with Gasteiger partial charge < -0.3 is 0 Å². The van der Waals surface area contributed by atoms with Crippen LogP contribution in [0.1, 0.15) is 25.8 Å². The van der Waals surface area contributed by atoms with E-state index in [1.165, 1.54) is 18.2 Å². The average Bonchev–Trinajstić information content (AvgIpc) is 2.64. The number of hydrogen-bond donors (Lipinski definition) is 2. The maximum absolute atomic E-state index is 12.1. The molecule has 26 heavy (non-hydrogen) atoms. The molecule has 0 aliphatic heterocycles. The average molecular weight is 376 g/mol. The highest BCUT2D eigenvalue weighted by molar-refractivity contribution is 7.89. The van der Waals surface area contributed by atoms with Crippen molar-refractivity contribution >= 4 is 27.1 Å². The van der Waals surface area contributed by atoms with Crippen LogP contribution in [0.5, 0.6) is 0 Å². The number of benzene rings is 2. The van der Waals surface area contributed by atoms with Crippen molar-refractivity contribution in [2.45, 2.75) is 25.2 Å². The van der Waals surface area contributed by atoms with E-state index in [9.17, 15) is 18.5 Å².